The molecule has 0 bridgehead atoms. The lowest BCUT2D eigenvalue weighted by atomic mass is 10.1. The molecule has 1 aliphatic rings. The van der Waals surface area contributed by atoms with Crippen molar-refractivity contribution in [1.29, 1.82) is 0 Å². The molecule has 128 valence electrons. The Hall–Kier alpha value is -2.60. The van der Waals surface area contributed by atoms with Crippen LogP contribution in [0.15, 0.2) is 54.6 Å². The molecule has 0 atom stereocenters. The van der Waals surface area contributed by atoms with Gasteiger partial charge in [-0.3, -0.25) is 19.3 Å². The molecule has 0 fully saturated rings. The number of hydrogen-bond donors (Lipinski definition) is 1. The van der Waals surface area contributed by atoms with E-state index in [1.807, 2.05) is 30.3 Å². The van der Waals surface area contributed by atoms with Gasteiger partial charge >= 0.3 is 0 Å². The van der Waals surface area contributed by atoms with Crippen molar-refractivity contribution >= 4 is 35.2 Å². The highest BCUT2D eigenvalue weighted by Gasteiger charge is 2.34. The fraction of sp³-hybridized carbons (Fsp3) is 0.211. The van der Waals surface area contributed by atoms with Gasteiger partial charge in [-0.1, -0.05) is 30.3 Å². The van der Waals surface area contributed by atoms with Crippen LogP contribution in [-0.4, -0.2) is 40.7 Å². The first-order chi connectivity index (χ1) is 12.2. The van der Waals surface area contributed by atoms with Crippen molar-refractivity contribution in [2.45, 2.75) is 6.42 Å². The van der Waals surface area contributed by atoms with Gasteiger partial charge in [-0.2, -0.15) is 11.8 Å². The Kier molecular flexibility index (Phi) is 5.50. The van der Waals surface area contributed by atoms with Crippen molar-refractivity contribution in [3.63, 3.8) is 0 Å². The Morgan fingerprint density at radius 1 is 0.880 bits per heavy atom. The summed E-state index contributed by atoms with van der Waals surface area (Å²) in [5, 5.41) is 2.83. The van der Waals surface area contributed by atoms with Crippen molar-refractivity contribution in [1.82, 2.24) is 4.90 Å². The van der Waals surface area contributed by atoms with Gasteiger partial charge in [-0.05, 0) is 24.3 Å². The maximum Gasteiger partial charge on any atom is 0.261 e. The van der Waals surface area contributed by atoms with E-state index in [0.717, 1.165) is 5.69 Å². The average molecular weight is 354 g/mol. The number of fused-ring (bicyclic) bond motifs is 1. The molecule has 0 saturated carbocycles. The van der Waals surface area contributed by atoms with Crippen molar-refractivity contribution in [3.05, 3.63) is 65.7 Å². The Bertz CT molecular complexity index is 757. The first-order valence-corrected chi connectivity index (χ1v) is 9.20. The average Bonchev–Trinajstić information content (AvgIpc) is 2.87. The molecule has 2 aromatic rings. The number of para-hydroxylation sites is 1. The van der Waals surface area contributed by atoms with Crippen LogP contribution in [0.25, 0.3) is 0 Å². The Labute approximate surface area is 150 Å². The molecular weight excluding hydrogens is 336 g/mol. The highest BCUT2D eigenvalue weighted by Crippen LogP contribution is 2.22. The maximum atomic E-state index is 12.2. The van der Waals surface area contributed by atoms with E-state index in [9.17, 15) is 14.4 Å². The first-order valence-electron chi connectivity index (χ1n) is 8.04. The molecule has 6 heteroatoms. The molecule has 0 aliphatic carbocycles. The van der Waals surface area contributed by atoms with E-state index in [1.165, 1.54) is 4.90 Å². The third kappa shape index (κ3) is 4.09. The van der Waals surface area contributed by atoms with Crippen molar-refractivity contribution in [3.8, 4) is 0 Å². The van der Waals surface area contributed by atoms with E-state index in [1.54, 1.807) is 36.0 Å². The molecule has 0 spiro atoms. The van der Waals surface area contributed by atoms with E-state index < -0.39 is 0 Å². The first kappa shape index (κ1) is 17.2. The fourth-order valence-corrected chi connectivity index (χ4v) is 3.46. The Balaban J connectivity index is 1.39. The Morgan fingerprint density at radius 3 is 2.12 bits per heavy atom. The van der Waals surface area contributed by atoms with Gasteiger partial charge < -0.3 is 5.32 Å². The lowest BCUT2D eigenvalue weighted by Gasteiger charge is -2.13. The molecule has 1 heterocycles. The fourth-order valence-electron chi connectivity index (χ4n) is 2.61. The lowest BCUT2D eigenvalue weighted by molar-refractivity contribution is -0.115. The predicted molar refractivity (Wildman–Crippen MR) is 98.8 cm³/mol. The van der Waals surface area contributed by atoms with Gasteiger partial charge in [0.05, 0.1) is 11.1 Å². The standard InChI is InChI=1S/C19H18N2O3S/c22-17(20-14-6-2-1-3-7-14)10-12-25-13-11-21-18(23)15-8-4-5-9-16(15)19(21)24/h1-9H,10-13H2,(H,20,22). The van der Waals surface area contributed by atoms with Gasteiger partial charge in [-0.25, -0.2) is 0 Å². The number of hydrogen-bond acceptors (Lipinski definition) is 4. The highest BCUT2D eigenvalue weighted by atomic mass is 32.2. The molecule has 0 unspecified atom stereocenters. The molecule has 0 aromatic heterocycles. The summed E-state index contributed by atoms with van der Waals surface area (Å²) in [5.74, 6) is 0.747. The summed E-state index contributed by atoms with van der Waals surface area (Å²) in [6, 6.07) is 16.2. The molecule has 1 aliphatic heterocycles. The van der Waals surface area contributed by atoms with Crippen molar-refractivity contribution < 1.29 is 14.4 Å². The van der Waals surface area contributed by atoms with Crippen LogP contribution in [-0.2, 0) is 4.79 Å². The molecule has 25 heavy (non-hydrogen) atoms. The number of amides is 3. The second kappa shape index (κ2) is 7.98. The van der Waals surface area contributed by atoms with Gasteiger partial charge in [0.15, 0.2) is 0 Å². The zero-order valence-electron chi connectivity index (χ0n) is 13.6. The number of rotatable bonds is 7. The van der Waals surface area contributed by atoms with Gasteiger partial charge in [0.2, 0.25) is 5.91 Å². The van der Waals surface area contributed by atoms with Crippen LogP contribution >= 0.6 is 11.8 Å². The number of nitrogens with zero attached hydrogens (tertiary/aromatic N) is 1. The van der Waals surface area contributed by atoms with Crippen LogP contribution in [0.1, 0.15) is 27.1 Å². The molecule has 1 N–H and O–H groups in total. The van der Waals surface area contributed by atoms with Gasteiger partial charge in [-0.15, -0.1) is 0 Å². The van der Waals surface area contributed by atoms with Crippen molar-refractivity contribution in [2.75, 3.05) is 23.4 Å². The number of imide groups is 1. The quantitative estimate of drug-likeness (QED) is 0.613. The summed E-state index contributed by atoms with van der Waals surface area (Å²) in [6.07, 6.45) is 0.391. The maximum absolute atomic E-state index is 12.2. The number of carbonyl (C=O) groups excluding carboxylic acids is 3. The van der Waals surface area contributed by atoms with Crippen LogP contribution in [0.2, 0.25) is 0 Å². The molecular formula is C19H18N2O3S. The van der Waals surface area contributed by atoms with Crippen molar-refractivity contribution in [2.24, 2.45) is 0 Å². The monoisotopic (exact) mass is 354 g/mol. The summed E-state index contributed by atoms with van der Waals surface area (Å²) in [5.41, 5.74) is 1.73. The second-order valence-corrected chi connectivity index (χ2v) is 6.81. The molecule has 3 rings (SSSR count). The van der Waals surface area contributed by atoms with Gasteiger partial charge in [0, 0.05) is 30.2 Å². The van der Waals surface area contributed by atoms with Crippen LogP contribution in [0.3, 0.4) is 0 Å². The summed E-state index contributed by atoms with van der Waals surface area (Å²) in [4.78, 5) is 37.5. The summed E-state index contributed by atoms with van der Waals surface area (Å²) in [6.45, 7) is 0.358. The minimum absolute atomic E-state index is 0.0422. The molecule has 0 radical (unpaired) electrons. The zero-order valence-corrected chi connectivity index (χ0v) is 14.4. The van der Waals surface area contributed by atoms with Crippen LogP contribution in [0.5, 0.6) is 0 Å². The minimum atomic E-state index is -0.233. The predicted octanol–water partition coefficient (Wildman–Crippen LogP) is 3.04. The van der Waals surface area contributed by atoms with E-state index in [0.29, 0.717) is 35.6 Å². The smallest absolute Gasteiger partial charge is 0.261 e. The van der Waals surface area contributed by atoms with Gasteiger partial charge in [0.25, 0.3) is 11.8 Å². The lowest BCUT2D eigenvalue weighted by Crippen LogP contribution is -2.31. The third-order valence-electron chi connectivity index (χ3n) is 3.87. The topological polar surface area (TPSA) is 66.5 Å². The number of thioether (sulfide) groups is 1. The normalized spacial score (nSPS) is 13.0. The van der Waals surface area contributed by atoms with E-state index in [-0.39, 0.29) is 17.7 Å². The number of carbonyl (C=O) groups is 3. The summed E-state index contributed by atoms with van der Waals surface area (Å²) in [7, 11) is 0. The zero-order chi connectivity index (χ0) is 17.6. The van der Waals surface area contributed by atoms with E-state index in [4.69, 9.17) is 0 Å². The van der Waals surface area contributed by atoms with Crippen LogP contribution < -0.4 is 5.32 Å². The van der Waals surface area contributed by atoms with E-state index >= 15 is 0 Å². The molecule has 0 saturated heterocycles. The summed E-state index contributed by atoms with van der Waals surface area (Å²) < 4.78 is 0. The highest BCUT2D eigenvalue weighted by molar-refractivity contribution is 7.99. The minimum Gasteiger partial charge on any atom is -0.326 e. The largest absolute Gasteiger partial charge is 0.326 e. The van der Waals surface area contributed by atoms with Crippen LogP contribution in [0, 0.1) is 0 Å². The molecule has 5 nitrogen and oxygen atoms in total. The number of nitrogens with one attached hydrogen (secondary N) is 1. The van der Waals surface area contributed by atoms with E-state index in [2.05, 4.69) is 5.32 Å². The SMILES string of the molecule is O=C(CCSCCN1C(=O)c2ccccc2C1=O)Nc1ccccc1. The molecule has 3 amide bonds. The van der Waals surface area contributed by atoms with Gasteiger partial charge in [0.1, 0.15) is 0 Å². The second-order valence-electron chi connectivity index (χ2n) is 5.58. The molecule has 2 aromatic carbocycles. The summed E-state index contributed by atoms with van der Waals surface area (Å²) >= 11 is 1.55. The number of benzene rings is 2. The Morgan fingerprint density at radius 2 is 1.48 bits per heavy atom. The number of anilines is 1. The third-order valence-corrected chi connectivity index (χ3v) is 4.83. The van der Waals surface area contributed by atoms with Crippen LogP contribution in [0.4, 0.5) is 5.69 Å².